The van der Waals surface area contributed by atoms with E-state index in [2.05, 4.69) is 590 Å². The molecule has 0 bridgehead atoms. The van der Waals surface area contributed by atoms with E-state index in [4.69, 9.17) is 4.42 Å². The first-order valence-electron chi connectivity index (χ1n) is 53.3. The minimum Gasteiger partial charge on any atom is -0.456 e. The molecule has 0 aliphatic rings. The van der Waals surface area contributed by atoms with Crippen molar-refractivity contribution in [3.05, 3.63) is 418 Å². The van der Waals surface area contributed by atoms with Crippen molar-refractivity contribution >= 4 is 21.9 Å². The third-order valence-electron chi connectivity index (χ3n) is 28.9. The van der Waals surface area contributed by atoms with Gasteiger partial charge < -0.3 is 4.42 Å². The summed E-state index contributed by atoms with van der Waals surface area (Å²) in [6.07, 6.45) is 21.8. The van der Waals surface area contributed by atoms with Gasteiger partial charge in [0.25, 0.3) is 29.1 Å². The molecule has 146 heavy (non-hydrogen) atoms. The smallest absolute Gasteiger partial charge is 0.294 e. The molecule has 13 aromatic carbocycles. The molecule has 11 heteroatoms. The molecule has 6 heterocycles. The SMILES string of the molecule is CC(C)c1cc(-c2ccccc2)cc(C(C)C)c1-n1cc[n+](C)c1-c1ccccc1.CC(C)c1cc(C(C)C)c(-n2cc[n+](C)c2-c2ccccc2)c(C(C)C)c1.CC(C)c1cccc(C(C)C)c1-n1cc[n+](C)c1-c1ccccc1.Cc1cc(C)cc(-c2cc(C(C)C)c(-n3cc[n+](C)c3-c3ccccc3C)c(C(C)C)c2)c1.Cc1ccccc1-c1n(-c2c(C(C)C)cc3c(oc4ccccc43)c2C(C)C)cc[n+]1C. The van der Waals surface area contributed by atoms with E-state index in [0.29, 0.717) is 65.1 Å². The van der Waals surface area contributed by atoms with Crippen LogP contribution in [0.4, 0.5) is 0 Å². The Labute approximate surface area is 872 Å². The summed E-state index contributed by atoms with van der Waals surface area (Å²) in [5.41, 5.74) is 40.4. The predicted molar refractivity (Wildman–Crippen MR) is 614 cm³/mol. The van der Waals surface area contributed by atoms with Gasteiger partial charge in [-0.2, -0.15) is 22.8 Å². The molecule has 0 spiro atoms. The van der Waals surface area contributed by atoms with Crippen molar-refractivity contribution in [2.75, 3.05) is 0 Å². The van der Waals surface area contributed by atoms with Crippen molar-refractivity contribution in [1.29, 1.82) is 0 Å². The molecule has 750 valence electrons. The Morgan fingerprint density at radius 1 is 0.212 bits per heavy atom. The molecular formula is C135H159N10O+5. The number of nitrogens with zero attached hydrogens (tertiary/aromatic N) is 10. The number of benzene rings is 13. The van der Waals surface area contributed by atoms with Gasteiger partial charge in [-0.05, 0) is 217 Å². The molecule has 0 N–H and O–H groups in total. The molecular weight excluding hydrogens is 1780 g/mol. The molecule has 0 amide bonds. The first-order chi connectivity index (χ1) is 69.8. The highest BCUT2D eigenvalue weighted by atomic mass is 16.3. The Hall–Kier alpha value is -14.3. The number of hydrogen-bond acceptors (Lipinski definition) is 1. The molecule has 19 rings (SSSR count). The average Bonchev–Trinajstić information content (AvgIpc) is 1.57. The van der Waals surface area contributed by atoms with Crippen LogP contribution in [-0.2, 0) is 35.2 Å². The molecule has 0 saturated heterocycles. The molecule has 0 aliphatic heterocycles. The van der Waals surface area contributed by atoms with Crippen LogP contribution in [0.2, 0.25) is 0 Å². The van der Waals surface area contributed by atoms with Crippen molar-refractivity contribution in [3.63, 3.8) is 0 Å². The van der Waals surface area contributed by atoms with E-state index in [1.807, 2.05) is 6.07 Å². The van der Waals surface area contributed by atoms with E-state index in [0.717, 1.165) is 11.2 Å². The molecule has 19 aromatic rings. The maximum absolute atomic E-state index is 6.50. The zero-order valence-electron chi connectivity index (χ0n) is 93.0. The van der Waals surface area contributed by atoms with E-state index in [1.165, 1.54) is 202 Å². The van der Waals surface area contributed by atoms with Gasteiger partial charge in [0.05, 0.1) is 63.1 Å². The van der Waals surface area contributed by atoms with Gasteiger partial charge in [-0.15, -0.1) is 0 Å². The minimum atomic E-state index is 0.309. The summed E-state index contributed by atoms with van der Waals surface area (Å²) in [5.74, 6) is 10.8. The van der Waals surface area contributed by atoms with Crippen molar-refractivity contribution in [2.45, 2.75) is 245 Å². The Kier molecular flexibility index (Phi) is 33.4. The van der Waals surface area contributed by atoms with Crippen LogP contribution in [0, 0.1) is 27.7 Å². The summed E-state index contributed by atoms with van der Waals surface area (Å²) >= 11 is 0. The highest BCUT2D eigenvalue weighted by molar-refractivity contribution is 6.07. The number of para-hydroxylation sites is 2. The van der Waals surface area contributed by atoms with Gasteiger partial charge in [0.2, 0.25) is 0 Å². The Morgan fingerprint density at radius 2 is 0.486 bits per heavy atom. The van der Waals surface area contributed by atoms with Gasteiger partial charge >= 0.3 is 0 Å². The summed E-state index contributed by atoms with van der Waals surface area (Å²) in [6.45, 7) is 59.2. The zero-order chi connectivity index (χ0) is 105. The fourth-order valence-electron chi connectivity index (χ4n) is 21.3. The monoisotopic (exact) mass is 1940 g/mol. The number of fused-ring (bicyclic) bond motifs is 3. The number of hydrogen-bond donors (Lipinski definition) is 0. The minimum absolute atomic E-state index is 0.309. The standard InChI is InChI=1S/C31H37N2.C29H31N2O.C28H31N2.C25H33N2.C22H27N2/c1-20(2)28-18-26(25-16-22(5)15-23(6)17-25)19-29(21(3)4)30(28)33-14-13-32(8)31(33)27-12-10-9-11-24(27)7;1-18(2)23-17-24-22-13-9-10-14-25(22)32-28(24)26(19(3)4)27(23)31-16-15-30(6)29(31)21-12-8-7-11-20(21)5;1-20(2)25-18-24(22-12-8-6-9-13-22)19-26(21(3)4)27(25)30-17-16-29(5)28(30)23-14-10-7-11-15-23;1-17(2)21-15-22(18(3)4)24(23(16-21)19(5)6)27-14-13-26(7)25(27)20-11-9-8-10-12-20;1-16(2)19-12-9-13-20(17(3)4)21(19)24-15-14-23(5)22(24)18-10-7-6-8-11-18/h9-21H,1-8H3;7-19H,1-6H3;6-21H,1-5H3;8-19H,1-7H3;6-17H,1-5H3/q5*+1. The van der Waals surface area contributed by atoms with E-state index < -0.39 is 0 Å². The van der Waals surface area contributed by atoms with Crippen LogP contribution in [0.25, 0.3) is 130 Å². The number of aryl methyl sites for hydroxylation is 9. The van der Waals surface area contributed by atoms with E-state index in [9.17, 15) is 0 Å². The predicted octanol–water partition coefficient (Wildman–Crippen LogP) is 33.7. The topological polar surface area (TPSA) is 57.2 Å². The normalized spacial score (nSPS) is 11.7. The lowest BCUT2D eigenvalue weighted by Gasteiger charge is -2.21. The fraction of sp³-hybridized carbons (Fsp3) is 0.311. The van der Waals surface area contributed by atoms with Crippen molar-refractivity contribution < 1.29 is 27.3 Å². The molecule has 6 aromatic heterocycles. The Morgan fingerprint density at radius 3 is 0.822 bits per heavy atom. The Balaban J connectivity index is 0.000000138. The molecule has 0 radical (unpaired) electrons. The van der Waals surface area contributed by atoms with Crippen LogP contribution in [0.3, 0.4) is 0 Å². The van der Waals surface area contributed by atoms with Gasteiger partial charge in [0.1, 0.15) is 102 Å². The third-order valence-corrected chi connectivity index (χ3v) is 28.9. The lowest BCUT2D eigenvalue weighted by atomic mass is 9.87. The highest BCUT2D eigenvalue weighted by Gasteiger charge is 2.36. The van der Waals surface area contributed by atoms with Crippen LogP contribution in [0.15, 0.2) is 339 Å². The number of rotatable bonds is 23. The van der Waals surface area contributed by atoms with E-state index >= 15 is 0 Å². The van der Waals surface area contributed by atoms with Crippen LogP contribution in [-0.4, -0.2) is 22.8 Å². The van der Waals surface area contributed by atoms with Gasteiger partial charge in [0, 0.05) is 66.4 Å². The van der Waals surface area contributed by atoms with E-state index in [-0.39, 0.29) is 0 Å². The lowest BCUT2D eigenvalue weighted by Crippen LogP contribution is -2.29. The van der Waals surface area contributed by atoms with Crippen LogP contribution >= 0.6 is 0 Å². The molecule has 0 fully saturated rings. The van der Waals surface area contributed by atoms with Crippen LogP contribution < -0.4 is 22.8 Å². The second kappa shape index (κ2) is 46.0. The molecule has 0 aliphatic carbocycles. The van der Waals surface area contributed by atoms with E-state index in [1.54, 1.807) is 0 Å². The molecule has 0 unspecified atom stereocenters. The molecule has 0 saturated carbocycles. The number of aromatic nitrogens is 10. The largest absolute Gasteiger partial charge is 0.456 e. The summed E-state index contributed by atoms with van der Waals surface area (Å²) in [7, 11) is 10.6. The number of imidazole rings is 5. The van der Waals surface area contributed by atoms with Gasteiger partial charge in [-0.3, -0.25) is 0 Å². The van der Waals surface area contributed by atoms with Crippen molar-refractivity contribution in [2.24, 2.45) is 35.2 Å². The van der Waals surface area contributed by atoms with Gasteiger partial charge in [-0.1, -0.05) is 352 Å². The summed E-state index contributed by atoms with van der Waals surface area (Å²) in [5, 5.41) is 2.40. The maximum Gasteiger partial charge on any atom is 0.294 e. The molecule has 11 nitrogen and oxygen atoms in total. The maximum atomic E-state index is 6.50. The first kappa shape index (κ1) is 106. The van der Waals surface area contributed by atoms with Crippen LogP contribution in [0.5, 0.6) is 0 Å². The second-order valence-electron chi connectivity index (χ2n) is 43.7. The van der Waals surface area contributed by atoms with Gasteiger partial charge in [-0.25, -0.2) is 22.8 Å². The lowest BCUT2D eigenvalue weighted by molar-refractivity contribution is -0.659. The van der Waals surface area contributed by atoms with Crippen molar-refractivity contribution in [3.8, 4) is 108 Å². The summed E-state index contributed by atoms with van der Waals surface area (Å²) in [4.78, 5) is 0. The molecule has 0 atom stereocenters. The third kappa shape index (κ3) is 22.4. The first-order valence-corrected chi connectivity index (χ1v) is 53.3. The Bertz CT molecular complexity index is 7600. The van der Waals surface area contributed by atoms with Crippen LogP contribution in [0.1, 0.15) is 301 Å². The summed E-state index contributed by atoms with van der Waals surface area (Å²) < 4.78 is 29.5. The number of furan rings is 1. The fourth-order valence-corrected chi connectivity index (χ4v) is 21.3. The zero-order valence-corrected chi connectivity index (χ0v) is 93.0. The summed E-state index contributed by atoms with van der Waals surface area (Å²) in [6, 6.07) is 98.8. The quantitative estimate of drug-likeness (QED) is 0.0589. The van der Waals surface area contributed by atoms with Gasteiger partial charge in [0.15, 0.2) is 0 Å². The highest BCUT2D eigenvalue weighted by Crippen LogP contribution is 2.47. The van der Waals surface area contributed by atoms with Crippen molar-refractivity contribution in [1.82, 2.24) is 22.8 Å². The average molecular weight is 1940 g/mol. The second-order valence-corrected chi connectivity index (χ2v) is 43.7.